The zero-order chi connectivity index (χ0) is 23.0. The lowest BCUT2D eigenvalue weighted by Gasteiger charge is -2.32. The van der Waals surface area contributed by atoms with E-state index < -0.39 is 5.97 Å². The quantitative estimate of drug-likeness (QED) is 0.341. The minimum atomic E-state index is -0.906. The Bertz CT molecular complexity index is 1320. The average molecular weight is 451 g/mol. The molecule has 0 aliphatic carbocycles. The Hall–Kier alpha value is -3.30. The van der Waals surface area contributed by atoms with Crippen molar-refractivity contribution in [2.75, 3.05) is 5.75 Å². The normalized spacial score (nSPS) is 14.5. The van der Waals surface area contributed by atoms with Gasteiger partial charge < -0.3 is 5.11 Å². The van der Waals surface area contributed by atoms with E-state index in [1.807, 2.05) is 30.0 Å². The van der Waals surface area contributed by atoms with E-state index in [1.54, 1.807) is 12.1 Å². The average Bonchev–Trinajstić information content (AvgIpc) is 2.84. The SMILES string of the molecule is CC1(C)CCSc2cc(-c3cc(-c4ccc(C(=O)O)cc4)ccc3-c3ccccc3)ccc21. The summed E-state index contributed by atoms with van der Waals surface area (Å²) < 4.78 is 0. The fourth-order valence-electron chi connectivity index (χ4n) is 4.56. The summed E-state index contributed by atoms with van der Waals surface area (Å²) in [4.78, 5) is 12.6. The van der Waals surface area contributed by atoms with Crippen molar-refractivity contribution >= 4 is 17.7 Å². The molecule has 0 spiro atoms. The van der Waals surface area contributed by atoms with Gasteiger partial charge in [-0.3, -0.25) is 0 Å². The standard InChI is InChI=1S/C30H26O2S/c1-30(2)16-17-33-28-19-24(13-15-27(28)30)26-18-23(20-8-10-22(11-9-20)29(31)32)12-14-25(26)21-6-4-3-5-7-21/h3-15,18-19H,16-17H2,1-2H3,(H,31,32). The summed E-state index contributed by atoms with van der Waals surface area (Å²) in [5, 5.41) is 9.23. The van der Waals surface area contributed by atoms with Crippen LogP contribution in [0.4, 0.5) is 0 Å². The second kappa shape index (κ2) is 8.57. The van der Waals surface area contributed by atoms with Crippen LogP contribution >= 0.6 is 11.8 Å². The molecule has 0 fully saturated rings. The molecule has 0 atom stereocenters. The molecule has 2 nitrogen and oxygen atoms in total. The van der Waals surface area contributed by atoms with E-state index in [9.17, 15) is 9.90 Å². The second-order valence-electron chi connectivity index (χ2n) is 9.20. The fourth-order valence-corrected chi connectivity index (χ4v) is 6.10. The van der Waals surface area contributed by atoms with Crippen molar-refractivity contribution in [1.82, 2.24) is 0 Å². The molecule has 0 amide bonds. The lowest BCUT2D eigenvalue weighted by atomic mass is 9.81. The minimum Gasteiger partial charge on any atom is -0.478 e. The van der Waals surface area contributed by atoms with E-state index in [-0.39, 0.29) is 5.41 Å². The predicted octanol–water partition coefficient (Wildman–Crippen LogP) is 8.16. The van der Waals surface area contributed by atoms with Crippen LogP contribution < -0.4 is 0 Å². The van der Waals surface area contributed by atoms with Crippen LogP contribution in [0.15, 0.2) is 95.9 Å². The van der Waals surface area contributed by atoms with Crippen LogP contribution in [0.3, 0.4) is 0 Å². The number of benzene rings is 4. The summed E-state index contributed by atoms with van der Waals surface area (Å²) in [6.45, 7) is 4.67. The predicted molar refractivity (Wildman–Crippen MR) is 138 cm³/mol. The van der Waals surface area contributed by atoms with E-state index in [2.05, 4.69) is 74.5 Å². The minimum absolute atomic E-state index is 0.203. The van der Waals surface area contributed by atoms with Gasteiger partial charge in [-0.05, 0) is 80.8 Å². The molecule has 1 N–H and O–H groups in total. The number of hydrogen-bond acceptors (Lipinski definition) is 2. The third kappa shape index (κ3) is 4.21. The third-order valence-electron chi connectivity index (χ3n) is 6.58. The fraction of sp³-hybridized carbons (Fsp3) is 0.167. The van der Waals surface area contributed by atoms with Crippen LogP contribution in [-0.4, -0.2) is 16.8 Å². The summed E-state index contributed by atoms with van der Waals surface area (Å²) in [5.41, 5.74) is 8.80. The van der Waals surface area contributed by atoms with Crippen LogP contribution in [0.1, 0.15) is 36.2 Å². The van der Waals surface area contributed by atoms with Gasteiger partial charge in [0, 0.05) is 4.90 Å². The first-order valence-corrected chi connectivity index (χ1v) is 12.2. The molecule has 5 rings (SSSR count). The van der Waals surface area contributed by atoms with E-state index in [4.69, 9.17) is 0 Å². The Labute approximate surface area is 199 Å². The van der Waals surface area contributed by atoms with Crippen molar-refractivity contribution in [3.05, 3.63) is 102 Å². The second-order valence-corrected chi connectivity index (χ2v) is 10.3. The van der Waals surface area contributed by atoms with Crippen molar-refractivity contribution in [1.29, 1.82) is 0 Å². The first kappa shape index (κ1) is 21.5. The lowest BCUT2D eigenvalue weighted by molar-refractivity contribution is 0.0697. The van der Waals surface area contributed by atoms with Gasteiger partial charge in [-0.1, -0.05) is 80.6 Å². The van der Waals surface area contributed by atoms with Crippen molar-refractivity contribution in [3.8, 4) is 33.4 Å². The molecule has 0 saturated carbocycles. The topological polar surface area (TPSA) is 37.3 Å². The van der Waals surface area contributed by atoms with E-state index in [0.717, 1.165) is 16.9 Å². The Morgan fingerprint density at radius 1 is 0.758 bits per heavy atom. The number of rotatable bonds is 4. The van der Waals surface area contributed by atoms with Gasteiger partial charge in [0.05, 0.1) is 5.56 Å². The number of carboxylic acid groups (broad SMARTS) is 1. The number of aromatic carboxylic acids is 1. The number of carbonyl (C=O) groups is 1. The Morgan fingerprint density at radius 3 is 2.18 bits per heavy atom. The Morgan fingerprint density at radius 2 is 1.45 bits per heavy atom. The van der Waals surface area contributed by atoms with Gasteiger partial charge in [0.15, 0.2) is 0 Å². The maximum atomic E-state index is 11.3. The van der Waals surface area contributed by atoms with Crippen LogP contribution in [0, 0.1) is 0 Å². The van der Waals surface area contributed by atoms with Crippen molar-refractivity contribution in [2.24, 2.45) is 0 Å². The van der Waals surface area contributed by atoms with Crippen molar-refractivity contribution in [3.63, 3.8) is 0 Å². The van der Waals surface area contributed by atoms with Crippen LogP contribution in [-0.2, 0) is 5.41 Å². The molecule has 1 aliphatic rings. The van der Waals surface area contributed by atoms with Crippen LogP contribution in [0.25, 0.3) is 33.4 Å². The number of thioether (sulfide) groups is 1. The zero-order valence-electron chi connectivity index (χ0n) is 18.8. The van der Waals surface area contributed by atoms with Gasteiger partial charge in [0.25, 0.3) is 0 Å². The first-order valence-electron chi connectivity index (χ1n) is 11.2. The molecule has 0 bridgehead atoms. The molecule has 3 heteroatoms. The molecule has 33 heavy (non-hydrogen) atoms. The number of fused-ring (bicyclic) bond motifs is 1. The molecule has 4 aromatic carbocycles. The summed E-state index contributed by atoms with van der Waals surface area (Å²) in [7, 11) is 0. The maximum Gasteiger partial charge on any atom is 0.335 e. The van der Waals surface area contributed by atoms with Crippen molar-refractivity contribution in [2.45, 2.75) is 30.6 Å². The van der Waals surface area contributed by atoms with Gasteiger partial charge in [0.1, 0.15) is 0 Å². The highest BCUT2D eigenvalue weighted by Gasteiger charge is 2.28. The Balaban J connectivity index is 1.65. The highest BCUT2D eigenvalue weighted by atomic mass is 32.2. The molecule has 0 unspecified atom stereocenters. The molecule has 164 valence electrons. The number of hydrogen-bond donors (Lipinski definition) is 1. The van der Waals surface area contributed by atoms with Gasteiger partial charge in [-0.25, -0.2) is 4.79 Å². The smallest absolute Gasteiger partial charge is 0.335 e. The van der Waals surface area contributed by atoms with E-state index >= 15 is 0 Å². The molecule has 4 aromatic rings. The van der Waals surface area contributed by atoms with Gasteiger partial charge in [-0.15, -0.1) is 11.8 Å². The first-order chi connectivity index (χ1) is 15.9. The number of carboxylic acids is 1. The van der Waals surface area contributed by atoms with E-state index in [1.165, 1.54) is 39.1 Å². The molecular formula is C30H26O2S. The highest BCUT2D eigenvalue weighted by molar-refractivity contribution is 7.99. The molecule has 0 aromatic heterocycles. The third-order valence-corrected chi connectivity index (χ3v) is 7.63. The molecule has 1 heterocycles. The van der Waals surface area contributed by atoms with E-state index in [0.29, 0.717) is 5.56 Å². The molecular weight excluding hydrogens is 424 g/mol. The van der Waals surface area contributed by atoms with Gasteiger partial charge in [-0.2, -0.15) is 0 Å². The van der Waals surface area contributed by atoms with Gasteiger partial charge in [0.2, 0.25) is 0 Å². The molecule has 0 saturated heterocycles. The molecule has 1 aliphatic heterocycles. The van der Waals surface area contributed by atoms with Crippen LogP contribution in [0.5, 0.6) is 0 Å². The zero-order valence-corrected chi connectivity index (χ0v) is 19.7. The molecule has 0 radical (unpaired) electrons. The summed E-state index contributed by atoms with van der Waals surface area (Å²) in [5.74, 6) is 0.237. The summed E-state index contributed by atoms with van der Waals surface area (Å²) in [6.07, 6.45) is 1.20. The van der Waals surface area contributed by atoms with Gasteiger partial charge >= 0.3 is 5.97 Å². The van der Waals surface area contributed by atoms with Crippen molar-refractivity contribution < 1.29 is 9.90 Å². The lowest BCUT2D eigenvalue weighted by Crippen LogP contribution is -2.22. The summed E-state index contributed by atoms with van der Waals surface area (Å²) >= 11 is 1.95. The monoisotopic (exact) mass is 450 g/mol. The van der Waals surface area contributed by atoms with Crippen LogP contribution in [0.2, 0.25) is 0 Å². The highest BCUT2D eigenvalue weighted by Crippen LogP contribution is 2.44. The summed E-state index contributed by atoms with van der Waals surface area (Å²) in [6, 6.07) is 31.0. The Kier molecular flexibility index (Phi) is 5.59. The largest absolute Gasteiger partial charge is 0.478 e. The maximum absolute atomic E-state index is 11.3.